The molecule has 2 aromatic carbocycles. The molecule has 0 spiro atoms. The maximum Gasteiger partial charge on any atom is 0.226 e. The minimum Gasteiger partial charge on any atom is -0.444 e. The van der Waals surface area contributed by atoms with Crippen molar-refractivity contribution < 1.29 is 8.81 Å². The predicted molar refractivity (Wildman–Crippen MR) is 110 cm³/mol. The average Bonchev–Trinajstić information content (AvgIpc) is 3.36. The molecule has 0 atom stereocenters. The minimum atomic E-state index is -0.239. The van der Waals surface area contributed by atoms with E-state index >= 15 is 0 Å². The van der Waals surface area contributed by atoms with Gasteiger partial charge in [-0.05, 0) is 36.8 Å². The minimum absolute atomic E-state index is 0.239. The van der Waals surface area contributed by atoms with Gasteiger partial charge in [-0.3, -0.25) is 0 Å². The van der Waals surface area contributed by atoms with E-state index in [0.717, 1.165) is 26.3 Å². The summed E-state index contributed by atoms with van der Waals surface area (Å²) < 4.78 is 19.4. The van der Waals surface area contributed by atoms with Gasteiger partial charge in [0.15, 0.2) is 4.34 Å². The summed E-state index contributed by atoms with van der Waals surface area (Å²) in [6, 6.07) is 14.5. The molecule has 0 aliphatic heterocycles. The maximum atomic E-state index is 12.9. The van der Waals surface area contributed by atoms with E-state index in [2.05, 4.69) is 20.5 Å². The summed E-state index contributed by atoms with van der Waals surface area (Å²) >= 11 is 3.04. The molecule has 2 heterocycles. The van der Waals surface area contributed by atoms with Crippen LogP contribution in [0.15, 0.2) is 63.6 Å². The van der Waals surface area contributed by atoms with E-state index in [-0.39, 0.29) is 5.82 Å². The number of aromatic nitrogens is 3. The van der Waals surface area contributed by atoms with Gasteiger partial charge in [-0.15, -0.1) is 10.2 Å². The molecule has 0 aliphatic rings. The number of rotatable bonds is 7. The molecule has 0 aliphatic carbocycles. The molecule has 0 radical (unpaired) electrons. The molecule has 8 heteroatoms. The first-order valence-electron chi connectivity index (χ1n) is 8.62. The van der Waals surface area contributed by atoms with Crippen LogP contribution in [0.5, 0.6) is 0 Å². The SMILES string of the molecule is Cc1ccc(-c2nc(CSc3nnc(NCc4ccc(F)cc4)s3)co2)cc1. The third-order valence-corrected chi connectivity index (χ3v) is 6.01. The van der Waals surface area contributed by atoms with Gasteiger partial charge in [0, 0.05) is 17.9 Å². The normalized spacial score (nSPS) is 10.9. The number of hydrogen-bond acceptors (Lipinski definition) is 7. The lowest BCUT2D eigenvalue weighted by Crippen LogP contribution is -1.98. The van der Waals surface area contributed by atoms with E-state index in [1.54, 1.807) is 30.2 Å². The standard InChI is InChI=1S/C20H17FN4OS2/c1-13-2-6-15(7-3-13)18-23-17(11-26-18)12-27-20-25-24-19(28-20)22-10-14-4-8-16(21)9-5-14/h2-9,11H,10,12H2,1H3,(H,22,24). The van der Waals surface area contributed by atoms with E-state index in [1.165, 1.54) is 29.0 Å². The number of oxazole rings is 1. The van der Waals surface area contributed by atoms with Crippen molar-refractivity contribution in [2.75, 3.05) is 5.32 Å². The Labute approximate surface area is 170 Å². The lowest BCUT2D eigenvalue weighted by Gasteiger charge is -2.01. The molecule has 0 saturated heterocycles. The van der Waals surface area contributed by atoms with Crippen LogP contribution in [-0.4, -0.2) is 15.2 Å². The van der Waals surface area contributed by atoms with Gasteiger partial charge in [0.25, 0.3) is 0 Å². The third-order valence-electron chi connectivity index (χ3n) is 3.96. The number of nitrogens with one attached hydrogen (secondary N) is 1. The summed E-state index contributed by atoms with van der Waals surface area (Å²) in [4.78, 5) is 4.54. The highest BCUT2D eigenvalue weighted by Crippen LogP contribution is 2.29. The van der Waals surface area contributed by atoms with Crippen molar-refractivity contribution in [2.45, 2.75) is 23.6 Å². The summed E-state index contributed by atoms with van der Waals surface area (Å²) in [5, 5.41) is 12.3. The molecular weight excluding hydrogens is 395 g/mol. The fourth-order valence-electron chi connectivity index (χ4n) is 2.46. The van der Waals surface area contributed by atoms with E-state index in [4.69, 9.17) is 4.42 Å². The number of anilines is 1. The first-order chi connectivity index (χ1) is 13.7. The van der Waals surface area contributed by atoms with Crippen molar-refractivity contribution in [3.63, 3.8) is 0 Å². The molecule has 4 rings (SSSR count). The predicted octanol–water partition coefficient (Wildman–Crippen LogP) is 5.55. The van der Waals surface area contributed by atoms with E-state index in [1.807, 2.05) is 31.2 Å². The number of benzene rings is 2. The van der Waals surface area contributed by atoms with E-state index < -0.39 is 0 Å². The number of nitrogens with zero attached hydrogens (tertiary/aromatic N) is 3. The van der Waals surface area contributed by atoms with Crippen molar-refractivity contribution >= 4 is 28.2 Å². The molecule has 142 valence electrons. The Morgan fingerprint density at radius 3 is 2.64 bits per heavy atom. The second-order valence-corrected chi connectivity index (χ2v) is 8.35. The van der Waals surface area contributed by atoms with Gasteiger partial charge in [-0.2, -0.15) is 0 Å². The second kappa shape index (κ2) is 8.53. The van der Waals surface area contributed by atoms with Crippen molar-refractivity contribution in [3.05, 3.63) is 77.4 Å². The lowest BCUT2D eigenvalue weighted by molar-refractivity contribution is 0.573. The highest BCUT2D eigenvalue weighted by Gasteiger charge is 2.10. The molecule has 0 unspecified atom stereocenters. The van der Waals surface area contributed by atoms with Crippen LogP contribution in [0.4, 0.5) is 9.52 Å². The molecule has 0 saturated carbocycles. The largest absolute Gasteiger partial charge is 0.444 e. The van der Waals surface area contributed by atoms with Gasteiger partial charge in [-0.1, -0.05) is 52.9 Å². The Morgan fingerprint density at radius 1 is 1.07 bits per heavy atom. The van der Waals surface area contributed by atoms with Crippen molar-refractivity contribution in [1.82, 2.24) is 15.2 Å². The van der Waals surface area contributed by atoms with Crippen LogP contribution < -0.4 is 5.32 Å². The van der Waals surface area contributed by atoms with Crippen molar-refractivity contribution in [3.8, 4) is 11.5 Å². The molecule has 0 fully saturated rings. The van der Waals surface area contributed by atoms with E-state index in [9.17, 15) is 4.39 Å². The topological polar surface area (TPSA) is 63.8 Å². The van der Waals surface area contributed by atoms with Crippen molar-refractivity contribution in [1.29, 1.82) is 0 Å². The Balaban J connectivity index is 1.31. The summed E-state index contributed by atoms with van der Waals surface area (Å²) in [5.74, 6) is 1.04. The van der Waals surface area contributed by atoms with E-state index in [0.29, 0.717) is 18.2 Å². The highest BCUT2D eigenvalue weighted by molar-refractivity contribution is 8.00. The summed E-state index contributed by atoms with van der Waals surface area (Å²) in [7, 11) is 0. The Hall–Kier alpha value is -2.71. The zero-order valence-corrected chi connectivity index (χ0v) is 16.7. The number of thioether (sulfide) groups is 1. The van der Waals surface area contributed by atoms with Crippen molar-refractivity contribution in [2.24, 2.45) is 0 Å². The van der Waals surface area contributed by atoms with Crippen LogP contribution >= 0.6 is 23.1 Å². The first-order valence-corrected chi connectivity index (χ1v) is 10.4. The van der Waals surface area contributed by atoms with Crippen LogP contribution in [0.2, 0.25) is 0 Å². The molecule has 2 aromatic heterocycles. The molecule has 0 bridgehead atoms. The quantitative estimate of drug-likeness (QED) is 0.402. The van der Waals surface area contributed by atoms with Gasteiger partial charge in [-0.25, -0.2) is 9.37 Å². The fourth-order valence-corrected chi connectivity index (χ4v) is 4.08. The summed E-state index contributed by atoms with van der Waals surface area (Å²) in [5.41, 5.74) is 4.00. The number of halogens is 1. The Bertz CT molecular complexity index is 1040. The molecule has 1 N–H and O–H groups in total. The van der Waals surface area contributed by atoms with Crippen LogP contribution in [-0.2, 0) is 12.3 Å². The van der Waals surface area contributed by atoms with Gasteiger partial charge in [0.2, 0.25) is 11.0 Å². The first kappa shape index (κ1) is 18.6. The molecular formula is C20H17FN4OS2. The van der Waals surface area contributed by atoms with Gasteiger partial charge in [0.05, 0.1) is 5.69 Å². The van der Waals surface area contributed by atoms with Crippen LogP contribution in [0, 0.1) is 12.7 Å². The zero-order chi connectivity index (χ0) is 19.3. The molecule has 4 aromatic rings. The van der Waals surface area contributed by atoms with Gasteiger partial charge < -0.3 is 9.73 Å². The zero-order valence-electron chi connectivity index (χ0n) is 15.1. The lowest BCUT2D eigenvalue weighted by atomic mass is 10.1. The monoisotopic (exact) mass is 412 g/mol. The molecule has 5 nitrogen and oxygen atoms in total. The van der Waals surface area contributed by atoms with Gasteiger partial charge in [0.1, 0.15) is 12.1 Å². The molecule has 28 heavy (non-hydrogen) atoms. The van der Waals surface area contributed by atoms with Crippen LogP contribution in [0.1, 0.15) is 16.8 Å². The summed E-state index contributed by atoms with van der Waals surface area (Å²) in [6.07, 6.45) is 1.68. The van der Waals surface area contributed by atoms with Gasteiger partial charge >= 0.3 is 0 Å². The molecule has 0 amide bonds. The Morgan fingerprint density at radius 2 is 1.86 bits per heavy atom. The number of aryl methyl sites for hydroxylation is 1. The Kier molecular flexibility index (Phi) is 5.68. The number of hydrogen-bond donors (Lipinski definition) is 1. The fraction of sp³-hybridized carbons (Fsp3) is 0.150. The smallest absolute Gasteiger partial charge is 0.226 e. The average molecular weight is 413 g/mol. The van der Waals surface area contributed by atoms with Crippen LogP contribution in [0.25, 0.3) is 11.5 Å². The van der Waals surface area contributed by atoms with Crippen LogP contribution in [0.3, 0.4) is 0 Å². The highest BCUT2D eigenvalue weighted by atomic mass is 32.2. The third kappa shape index (κ3) is 4.76. The summed E-state index contributed by atoms with van der Waals surface area (Å²) in [6.45, 7) is 2.62. The maximum absolute atomic E-state index is 12.9. The second-order valence-electron chi connectivity index (χ2n) is 6.15.